The Morgan fingerprint density at radius 2 is 2.28 bits per heavy atom. The van der Waals surface area contributed by atoms with Crippen molar-refractivity contribution >= 4 is 5.69 Å². The van der Waals surface area contributed by atoms with E-state index in [4.69, 9.17) is 5.73 Å². The molecule has 8 nitrogen and oxygen atoms in total. The molecule has 0 fully saturated rings. The van der Waals surface area contributed by atoms with Crippen molar-refractivity contribution in [3.05, 3.63) is 34.1 Å². The second-order valence-electron chi connectivity index (χ2n) is 3.60. The number of benzene rings is 1. The number of aromatic amines is 1. The molecule has 0 amide bonds. The molecule has 0 bridgehead atoms. The van der Waals surface area contributed by atoms with Crippen molar-refractivity contribution in [3.8, 4) is 17.1 Å². The van der Waals surface area contributed by atoms with Crippen LogP contribution in [0.2, 0.25) is 0 Å². The zero-order valence-corrected chi connectivity index (χ0v) is 9.33. The molecule has 1 aromatic carbocycles. The molecule has 0 radical (unpaired) electrons. The van der Waals surface area contributed by atoms with Crippen LogP contribution in [0, 0.1) is 10.1 Å². The molecule has 4 N–H and O–H groups in total. The van der Waals surface area contributed by atoms with Crippen molar-refractivity contribution in [1.29, 1.82) is 0 Å². The predicted octanol–water partition coefficient (Wildman–Crippen LogP) is 0.587. The number of hydrogen-bond acceptors (Lipinski definition) is 6. The summed E-state index contributed by atoms with van der Waals surface area (Å²) < 4.78 is 0. The van der Waals surface area contributed by atoms with Crippen molar-refractivity contribution in [2.24, 2.45) is 5.73 Å². The zero-order valence-electron chi connectivity index (χ0n) is 9.33. The van der Waals surface area contributed by atoms with Crippen LogP contribution in [0.3, 0.4) is 0 Å². The molecule has 1 heterocycles. The van der Waals surface area contributed by atoms with Gasteiger partial charge in [0.15, 0.2) is 5.82 Å². The van der Waals surface area contributed by atoms with Crippen molar-refractivity contribution in [1.82, 2.24) is 15.2 Å². The highest BCUT2D eigenvalue weighted by Crippen LogP contribution is 2.30. The average Bonchev–Trinajstić information content (AvgIpc) is 2.78. The topological polar surface area (TPSA) is 131 Å². The number of phenols is 1. The van der Waals surface area contributed by atoms with E-state index in [1.165, 1.54) is 18.2 Å². The molecule has 2 rings (SSSR count). The molecular weight excluding hydrogens is 238 g/mol. The van der Waals surface area contributed by atoms with Gasteiger partial charge in [0.05, 0.1) is 10.5 Å². The number of aromatic nitrogens is 3. The van der Waals surface area contributed by atoms with Crippen molar-refractivity contribution in [2.45, 2.75) is 6.42 Å². The molecule has 0 aliphatic heterocycles. The quantitative estimate of drug-likeness (QED) is 0.536. The van der Waals surface area contributed by atoms with E-state index in [2.05, 4.69) is 15.2 Å². The van der Waals surface area contributed by atoms with Crippen LogP contribution in [0.15, 0.2) is 18.2 Å². The Hall–Kier alpha value is -2.48. The van der Waals surface area contributed by atoms with E-state index in [1.807, 2.05) is 0 Å². The zero-order chi connectivity index (χ0) is 13.1. The third-order valence-corrected chi connectivity index (χ3v) is 2.34. The van der Waals surface area contributed by atoms with E-state index in [-0.39, 0.29) is 22.8 Å². The molecule has 18 heavy (non-hydrogen) atoms. The van der Waals surface area contributed by atoms with Crippen LogP contribution in [0.4, 0.5) is 5.69 Å². The highest BCUT2D eigenvalue weighted by molar-refractivity contribution is 5.66. The summed E-state index contributed by atoms with van der Waals surface area (Å²) in [6, 6.07) is 3.68. The minimum atomic E-state index is -0.545. The molecule has 0 atom stereocenters. The Morgan fingerprint density at radius 3 is 2.94 bits per heavy atom. The summed E-state index contributed by atoms with van der Waals surface area (Å²) in [5.74, 6) is 0.664. The molecule has 0 aliphatic carbocycles. The second kappa shape index (κ2) is 4.80. The maximum Gasteiger partial charge on any atom is 0.270 e. The van der Waals surface area contributed by atoms with Gasteiger partial charge in [-0.15, -0.1) is 0 Å². The lowest BCUT2D eigenvalue weighted by atomic mass is 10.1. The molecule has 2 aromatic rings. The lowest BCUT2D eigenvalue weighted by Gasteiger charge is -1.99. The first kappa shape index (κ1) is 12.0. The van der Waals surface area contributed by atoms with Crippen LogP contribution < -0.4 is 5.73 Å². The summed E-state index contributed by atoms with van der Waals surface area (Å²) in [5.41, 5.74) is 5.46. The number of phenolic OH excluding ortho intramolecular Hbond substituents is 1. The van der Waals surface area contributed by atoms with E-state index in [1.54, 1.807) is 0 Å². The number of nitro benzene ring substituents is 1. The van der Waals surface area contributed by atoms with Gasteiger partial charge in [-0.05, 0) is 12.6 Å². The molecule has 0 aliphatic rings. The monoisotopic (exact) mass is 249 g/mol. The normalized spacial score (nSPS) is 10.5. The van der Waals surface area contributed by atoms with Crippen LogP contribution >= 0.6 is 0 Å². The van der Waals surface area contributed by atoms with E-state index in [0.717, 1.165) is 0 Å². The lowest BCUT2D eigenvalue weighted by molar-refractivity contribution is -0.384. The van der Waals surface area contributed by atoms with Gasteiger partial charge in [-0.3, -0.25) is 15.2 Å². The van der Waals surface area contributed by atoms with Crippen molar-refractivity contribution in [3.63, 3.8) is 0 Å². The van der Waals surface area contributed by atoms with Gasteiger partial charge in [-0.1, -0.05) is 0 Å². The van der Waals surface area contributed by atoms with Gasteiger partial charge in [0.1, 0.15) is 11.6 Å². The Bertz CT molecular complexity index is 581. The van der Waals surface area contributed by atoms with Crippen LogP contribution in [0.5, 0.6) is 5.75 Å². The number of nitro groups is 1. The molecule has 0 saturated heterocycles. The fourth-order valence-corrected chi connectivity index (χ4v) is 1.48. The third-order valence-electron chi connectivity index (χ3n) is 2.34. The Labute approximate surface area is 102 Å². The minimum absolute atomic E-state index is 0.112. The number of hydrogen-bond donors (Lipinski definition) is 3. The van der Waals surface area contributed by atoms with Crippen LogP contribution in [0.1, 0.15) is 5.82 Å². The maximum absolute atomic E-state index is 10.7. The Kier molecular flexibility index (Phi) is 3.20. The van der Waals surface area contributed by atoms with Crippen LogP contribution in [-0.2, 0) is 6.42 Å². The van der Waals surface area contributed by atoms with Gasteiger partial charge in [-0.2, -0.15) is 5.10 Å². The summed E-state index contributed by atoms with van der Waals surface area (Å²) in [4.78, 5) is 14.2. The summed E-state index contributed by atoms with van der Waals surface area (Å²) in [5, 5.41) is 26.9. The average molecular weight is 249 g/mol. The highest BCUT2D eigenvalue weighted by atomic mass is 16.6. The standard InChI is InChI=1S/C10H11N5O3/c11-4-3-9-12-10(14-13-9)7-5-6(15(17)18)1-2-8(7)16/h1-2,5,16H,3-4,11H2,(H,12,13,14). The fraction of sp³-hybridized carbons (Fsp3) is 0.200. The first-order valence-corrected chi connectivity index (χ1v) is 5.21. The molecule has 1 aromatic heterocycles. The number of H-pyrrole nitrogens is 1. The van der Waals surface area contributed by atoms with E-state index < -0.39 is 4.92 Å². The van der Waals surface area contributed by atoms with Gasteiger partial charge in [0, 0.05) is 18.6 Å². The minimum Gasteiger partial charge on any atom is -0.507 e. The smallest absolute Gasteiger partial charge is 0.270 e. The summed E-state index contributed by atoms with van der Waals surface area (Å²) in [6.45, 7) is 0.412. The molecular formula is C10H11N5O3. The fourth-order valence-electron chi connectivity index (χ4n) is 1.48. The largest absolute Gasteiger partial charge is 0.507 e. The highest BCUT2D eigenvalue weighted by Gasteiger charge is 2.15. The lowest BCUT2D eigenvalue weighted by Crippen LogP contribution is -2.03. The number of aromatic hydroxyl groups is 1. The molecule has 0 spiro atoms. The summed E-state index contributed by atoms with van der Waals surface area (Å²) in [7, 11) is 0. The maximum atomic E-state index is 10.7. The summed E-state index contributed by atoms with van der Waals surface area (Å²) in [6.07, 6.45) is 0.517. The van der Waals surface area contributed by atoms with Crippen molar-refractivity contribution in [2.75, 3.05) is 6.54 Å². The predicted molar refractivity (Wildman–Crippen MR) is 62.9 cm³/mol. The van der Waals surface area contributed by atoms with Crippen molar-refractivity contribution < 1.29 is 10.0 Å². The number of nitrogens with zero attached hydrogens (tertiary/aromatic N) is 3. The number of rotatable bonds is 4. The first-order chi connectivity index (χ1) is 8.61. The molecule has 0 saturated carbocycles. The second-order valence-corrected chi connectivity index (χ2v) is 3.60. The van der Waals surface area contributed by atoms with E-state index in [0.29, 0.717) is 18.8 Å². The summed E-state index contributed by atoms with van der Waals surface area (Å²) >= 11 is 0. The van der Waals surface area contributed by atoms with Gasteiger partial charge < -0.3 is 10.8 Å². The Morgan fingerprint density at radius 1 is 1.50 bits per heavy atom. The molecule has 94 valence electrons. The molecule has 0 unspecified atom stereocenters. The number of nitrogens with two attached hydrogens (primary N) is 1. The van der Waals surface area contributed by atoms with Gasteiger partial charge in [0.25, 0.3) is 5.69 Å². The van der Waals surface area contributed by atoms with Gasteiger partial charge in [0.2, 0.25) is 0 Å². The number of non-ortho nitro benzene ring substituents is 1. The SMILES string of the molecule is NCCc1nc(-c2cc([N+](=O)[O-])ccc2O)n[nH]1. The van der Waals surface area contributed by atoms with Crippen LogP contribution in [0.25, 0.3) is 11.4 Å². The van der Waals surface area contributed by atoms with Gasteiger partial charge >= 0.3 is 0 Å². The number of nitrogens with one attached hydrogen (secondary N) is 1. The van der Waals surface area contributed by atoms with Crippen LogP contribution in [-0.4, -0.2) is 31.8 Å². The molecule has 8 heteroatoms. The van der Waals surface area contributed by atoms with E-state index in [9.17, 15) is 15.2 Å². The van der Waals surface area contributed by atoms with E-state index >= 15 is 0 Å². The Balaban J connectivity index is 2.41. The first-order valence-electron chi connectivity index (χ1n) is 5.21. The van der Waals surface area contributed by atoms with Gasteiger partial charge in [-0.25, -0.2) is 4.98 Å². The third kappa shape index (κ3) is 2.28.